The molecule has 0 amide bonds. The Morgan fingerprint density at radius 3 is 2.68 bits per heavy atom. The summed E-state index contributed by atoms with van der Waals surface area (Å²) in [5.41, 5.74) is 2.51. The largest absolute Gasteiger partial charge is 0.345 e. The minimum absolute atomic E-state index is 0.261. The number of nitrogens with one attached hydrogen (secondary N) is 2. The highest BCUT2D eigenvalue weighted by atomic mass is 32.1. The molecule has 5 heteroatoms. The second-order valence-electron chi connectivity index (χ2n) is 4.82. The fourth-order valence-electron chi connectivity index (χ4n) is 2.00. The summed E-state index contributed by atoms with van der Waals surface area (Å²) in [6.07, 6.45) is 0. The molecule has 0 unspecified atom stereocenters. The van der Waals surface area contributed by atoms with E-state index in [1.807, 2.05) is 0 Å². The van der Waals surface area contributed by atoms with Crippen LogP contribution in [0.2, 0.25) is 0 Å². The van der Waals surface area contributed by atoms with Gasteiger partial charge in [0.05, 0.1) is 11.4 Å². The predicted molar refractivity (Wildman–Crippen MR) is 83.4 cm³/mol. The van der Waals surface area contributed by atoms with Crippen LogP contribution in [-0.2, 0) is 0 Å². The summed E-state index contributed by atoms with van der Waals surface area (Å²) in [4.78, 5) is 1.94. The van der Waals surface area contributed by atoms with E-state index in [9.17, 15) is 4.39 Å². The maximum Gasteiger partial charge on any atom is 0.125 e. The molecule has 0 bridgehead atoms. The van der Waals surface area contributed by atoms with Crippen LogP contribution in [0.3, 0.4) is 0 Å². The molecule has 2 aromatic rings. The van der Waals surface area contributed by atoms with Crippen molar-refractivity contribution in [2.45, 2.75) is 19.8 Å². The van der Waals surface area contributed by atoms with Crippen molar-refractivity contribution in [3.05, 3.63) is 40.5 Å². The molecule has 0 spiro atoms. The maximum atomic E-state index is 13.3. The standard InChI is InChI=1S/C14H13FN2S2/c1-7(2)12-6-9-13(18)16-10-4-3-8(15)5-11(10)17-14(9)19-12/h3-7,17H,1-2H3,(H,16,18). The molecule has 0 radical (unpaired) electrons. The zero-order valence-corrected chi connectivity index (χ0v) is 12.2. The Balaban J connectivity index is 2.10. The normalized spacial score (nSPS) is 13.4. The van der Waals surface area contributed by atoms with Crippen LogP contribution in [0.15, 0.2) is 24.3 Å². The van der Waals surface area contributed by atoms with Gasteiger partial charge in [0.1, 0.15) is 15.8 Å². The number of anilines is 3. The van der Waals surface area contributed by atoms with Gasteiger partial charge >= 0.3 is 0 Å². The first kappa shape index (κ1) is 12.6. The number of rotatable bonds is 1. The van der Waals surface area contributed by atoms with E-state index in [4.69, 9.17) is 12.2 Å². The van der Waals surface area contributed by atoms with Crippen LogP contribution in [0.1, 0.15) is 30.2 Å². The van der Waals surface area contributed by atoms with Crippen molar-refractivity contribution in [1.29, 1.82) is 0 Å². The van der Waals surface area contributed by atoms with Crippen molar-refractivity contribution in [2.24, 2.45) is 0 Å². The number of benzene rings is 1. The number of halogens is 1. The molecule has 3 rings (SSSR count). The van der Waals surface area contributed by atoms with E-state index in [-0.39, 0.29) is 5.82 Å². The Morgan fingerprint density at radius 1 is 1.16 bits per heavy atom. The van der Waals surface area contributed by atoms with Gasteiger partial charge in [-0.1, -0.05) is 26.1 Å². The first-order valence-corrected chi connectivity index (χ1v) is 7.28. The average Bonchev–Trinajstić information content (AvgIpc) is 2.72. The van der Waals surface area contributed by atoms with E-state index in [1.165, 1.54) is 17.0 Å². The van der Waals surface area contributed by atoms with E-state index < -0.39 is 0 Å². The van der Waals surface area contributed by atoms with E-state index in [0.717, 1.165) is 21.9 Å². The Morgan fingerprint density at radius 2 is 1.95 bits per heavy atom. The van der Waals surface area contributed by atoms with Crippen molar-refractivity contribution in [1.82, 2.24) is 0 Å². The molecular formula is C14H13FN2S2. The minimum atomic E-state index is -0.261. The average molecular weight is 292 g/mol. The van der Waals surface area contributed by atoms with Crippen LogP contribution in [0.25, 0.3) is 0 Å². The topological polar surface area (TPSA) is 24.1 Å². The van der Waals surface area contributed by atoms with Crippen molar-refractivity contribution in [3.63, 3.8) is 0 Å². The molecule has 19 heavy (non-hydrogen) atoms. The number of thiocarbonyl (C=S) groups is 1. The summed E-state index contributed by atoms with van der Waals surface area (Å²) in [6, 6.07) is 6.71. The highest BCUT2D eigenvalue weighted by Gasteiger charge is 2.20. The third kappa shape index (κ3) is 2.24. The molecule has 1 aliphatic heterocycles. The Bertz CT molecular complexity index is 661. The molecule has 1 aliphatic rings. The lowest BCUT2D eigenvalue weighted by atomic mass is 10.1. The van der Waals surface area contributed by atoms with Crippen LogP contribution < -0.4 is 10.6 Å². The van der Waals surface area contributed by atoms with Gasteiger partial charge < -0.3 is 10.6 Å². The summed E-state index contributed by atoms with van der Waals surface area (Å²) in [5, 5.41) is 7.42. The maximum absolute atomic E-state index is 13.3. The van der Waals surface area contributed by atoms with Gasteiger partial charge in [-0.2, -0.15) is 0 Å². The van der Waals surface area contributed by atoms with E-state index in [0.29, 0.717) is 10.9 Å². The Hall–Kier alpha value is -1.46. The lowest BCUT2D eigenvalue weighted by Gasteiger charge is -2.08. The first-order chi connectivity index (χ1) is 9.04. The summed E-state index contributed by atoms with van der Waals surface area (Å²) < 4.78 is 13.3. The highest BCUT2D eigenvalue weighted by molar-refractivity contribution is 7.81. The van der Waals surface area contributed by atoms with Crippen molar-refractivity contribution in [2.75, 3.05) is 10.6 Å². The molecular weight excluding hydrogens is 279 g/mol. The van der Waals surface area contributed by atoms with Gasteiger partial charge in [-0.05, 0) is 30.2 Å². The van der Waals surface area contributed by atoms with Crippen molar-refractivity contribution >= 4 is 44.9 Å². The molecule has 0 atom stereocenters. The molecule has 0 saturated carbocycles. The van der Waals surface area contributed by atoms with Gasteiger partial charge in [-0.25, -0.2) is 4.39 Å². The molecule has 2 nitrogen and oxygen atoms in total. The van der Waals surface area contributed by atoms with Gasteiger partial charge in [0.25, 0.3) is 0 Å². The second kappa shape index (κ2) is 4.58. The summed E-state index contributed by atoms with van der Waals surface area (Å²) in [5.74, 6) is 0.191. The van der Waals surface area contributed by atoms with Gasteiger partial charge in [0, 0.05) is 10.4 Å². The van der Waals surface area contributed by atoms with Crippen LogP contribution in [0, 0.1) is 5.82 Å². The van der Waals surface area contributed by atoms with E-state index >= 15 is 0 Å². The predicted octanol–water partition coefficient (Wildman–Crippen LogP) is 4.86. The zero-order chi connectivity index (χ0) is 13.6. The van der Waals surface area contributed by atoms with E-state index in [1.54, 1.807) is 17.4 Å². The van der Waals surface area contributed by atoms with Crippen molar-refractivity contribution < 1.29 is 4.39 Å². The number of fused-ring (bicyclic) bond motifs is 2. The molecule has 0 aliphatic carbocycles. The first-order valence-electron chi connectivity index (χ1n) is 6.06. The monoisotopic (exact) mass is 292 g/mol. The smallest absolute Gasteiger partial charge is 0.125 e. The fourth-order valence-corrected chi connectivity index (χ4v) is 3.41. The van der Waals surface area contributed by atoms with Crippen LogP contribution in [0.5, 0.6) is 0 Å². The van der Waals surface area contributed by atoms with Gasteiger partial charge in [-0.3, -0.25) is 0 Å². The van der Waals surface area contributed by atoms with E-state index in [2.05, 4.69) is 30.5 Å². The van der Waals surface area contributed by atoms with Gasteiger partial charge in [-0.15, -0.1) is 11.3 Å². The molecule has 98 valence electrons. The summed E-state index contributed by atoms with van der Waals surface area (Å²) >= 11 is 7.09. The molecule has 1 aromatic heterocycles. The second-order valence-corrected chi connectivity index (χ2v) is 6.31. The third-order valence-corrected chi connectivity index (χ3v) is 4.72. The minimum Gasteiger partial charge on any atom is -0.345 e. The molecule has 0 saturated heterocycles. The van der Waals surface area contributed by atoms with Crippen LogP contribution >= 0.6 is 23.6 Å². The number of hydrogen-bond acceptors (Lipinski definition) is 3. The summed E-state index contributed by atoms with van der Waals surface area (Å²) in [7, 11) is 0. The zero-order valence-electron chi connectivity index (χ0n) is 10.6. The number of hydrogen-bond donors (Lipinski definition) is 2. The van der Waals surface area contributed by atoms with Crippen LogP contribution in [0.4, 0.5) is 20.8 Å². The lowest BCUT2D eigenvalue weighted by Crippen LogP contribution is -2.08. The van der Waals surface area contributed by atoms with Crippen molar-refractivity contribution in [3.8, 4) is 0 Å². The Kier molecular flexibility index (Phi) is 3.03. The summed E-state index contributed by atoms with van der Waals surface area (Å²) in [6.45, 7) is 4.30. The SMILES string of the molecule is CC(C)c1cc2c(s1)Nc1cc(F)ccc1NC2=S. The van der Waals surface area contributed by atoms with Gasteiger partial charge in [0.2, 0.25) is 0 Å². The molecule has 2 heterocycles. The quantitative estimate of drug-likeness (QED) is 0.734. The molecule has 2 N–H and O–H groups in total. The fraction of sp³-hybridized carbons (Fsp3) is 0.214. The molecule has 1 aromatic carbocycles. The third-order valence-electron chi connectivity index (χ3n) is 3.04. The highest BCUT2D eigenvalue weighted by Crippen LogP contribution is 2.39. The van der Waals surface area contributed by atoms with Crippen LogP contribution in [-0.4, -0.2) is 4.99 Å². The lowest BCUT2D eigenvalue weighted by molar-refractivity contribution is 0.628. The van der Waals surface area contributed by atoms with Gasteiger partial charge in [0.15, 0.2) is 0 Å². The molecule has 0 fully saturated rings. The number of thiophene rings is 1. The Labute approximate surface area is 120 Å².